The fraction of sp³-hybridized carbons (Fsp3) is 0.217. The highest BCUT2D eigenvalue weighted by Crippen LogP contribution is 2.30. The average Bonchev–Trinajstić information content (AvgIpc) is 3.53. The van der Waals surface area contributed by atoms with Crippen LogP contribution in [-0.4, -0.2) is 11.8 Å². The lowest BCUT2D eigenvalue weighted by Gasteiger charge is -2.17. The van der Waals surface area contributed by atoms with Crippen molar-refractivity contribution >= 4 is 28.3 Å². The minimum absolute atomic E-state index is 0.0665. The van der Waals surface area contributed by atoms with E-state index < -0.39 is 0 Å². The Labute approximate surface area is 158 Å². The van der Waals surface area contributed by atoms with E-state index in [1.165, 1.54) is 0 Å². The number of fused-ring (bicyclic) bond motifs is 1. The van der Waals surface area contributed by atoms with Gasteiger partial charge in [-0.2, -0.15) is 0 Å². The Balaban J connectivity index is 1.45. The van der Waals surface area contributed by atoms with Crippen molar-refractivity contribution in [3.63, 3.8) is 0 Å². The molecule has 1 aliphatic rings. The molecule has 3 aromatic carbocycles. The number of amides is 2. The maximum atomic E-state index is 12.6. The third kappa shape index (κ3) is 3.85. The zero-order valence-corrected chi connectivity index (χ0v) is 15.2. The minimum Gasteiger partial charge on any atom is -0.345 e. The molecule has 0 heterocycles. The molecule has 4 rings (SSSR count). The first kappa shape index (κ1) is 17.3. The molecule has 2 amide bonds. The Morgan fingerprint density at radius 2 is 1.63 bits per heavy atom. The molecule has 1 saturated carbocycles. The first-order valence-electron chi connectivity index (χ1n) is 9.31. The molecule has 0 bridgehead atoms. The zero-order chi connectivity index (χ0) is 18.8. The molecule has 27 heavy (non-hydrogen) atoms. The van der Waals surface area contributed by atoms with Gasteiger partial charge in [-0.1, -0.05) is 42.5 Å². The van der Waals surface area contributed by atoms with Crippen molar-refractivity contribution in [3.05, 3.63) is 77.9 Å². The van der Waals surface area contributed by atoms with Crippen LogP contribution in [0, 0.1) is 5.92 Å². The van der Waals surface area contributed by atoms with Gasteiger partial charge >= 0.3 is 0 Å². The van der Waals surface area contributed by atoms with Crippen LogP contribution >= 0.6 is 0 Å². The maximum absolute atomic E-state index is 12.6. The topological polar surface area (TPSA) is 58.2 Å². The fourth-order valence-electron chi connectivity index (χ4n) is 3.28. The van der Waals surface area contributed by atoms with Crippen molar-refractivity contribution < 1.29 is 9.59 Å². The summed E-state index contributed by atoms with van der Waals surface area (Å²) in [6.07, 6.45) is 1.94. The molecule has 0 saturated heterocycles. The molecule has 4 nitrogen and oxygen atoms in total. The van der Waals surface area contributed by atoms with Gasteiger partial charge in [-0.15, -0.1) is 0 Å². The largest absolute Gasteiger partial charge is 0.345 e. The van der Waals surface area contributed by atoms with Gasteiger partial charge in [-0.3, -0.25) is 9.59 Å². The number of anilines is 1. The predicted molar refractivity (Wildman–Crippen MR) is 108 cm³/mol. The molecule has 1 unspecified atom stereocenters. The van der Waals surface area contributed by atoms with Crippen molar-refractivity contribution in [1.29, 1.82) is 0 Å². The van der Waals surface area contributed by atoms with E-state index in [0.29, 0.717) is 5.56 Å². The van der Waals surface area contributed by atoms with Crippen LogP contribution in [0.15, 0.2) is 66.7 Å². The smallest absolute Gasteiger partial charge is 0.251 e. The lowest BCUT2D eigenvalue weighted by Crippen LogP contribution is -2.26. The fourth-order valence-corrected chi connectivity index (χ4v) is 3.28. The van der Waals surface area contributed by atoms with Crippen molar-refractivity contribution in [2.24, 2.45) is 5.92 Å². The molecule has 0 spiro atoms. The molecule has 0 aromatic heterocycles. The average molecular weight is 358 g/mol. The highest BCUT2D eigenvalue weighted by molar-refractivity contribution is 5.97. The van der Waals surface area contributed by atoms with E-state index in [-0.39, 0.29) is 23.8 Å². The van der Waals surface area contributed by atoms with Crippen molar-refractivity contribution in [1.82, 2.24) is 5.32 Å². The van der Waals surface area contributed by atoms with Crippen LogP contribution in [0.4, 0.5) is 5.69 Å². The molecule has 0 radical (unpaired) electrons. The van der Waals surface area contributed by atoms with Gasteiger partial charge in [-0.25, -0.2) is 0 Å². The van der Waals surface area contributed by atoms with E-state index >= 15 is 0 Å². The summed E-state index contributed by atoms with van der Waals surface area (Å²) in [5.74, 6) is 0.0989. The SMILES string of the molecule is CC(NC(=O)c1ccc(NC(=O)C2CC2)cc1)c1cccc2ccccc12. The van der Waals surface area contributed by atoms with Crippen LogP contribution < -0.4 is 10.6 Å². The van der Waals surface area contributed by atoms with Gasteiger partial charge in [0.15, 0.2) is 0 Å². The second kappa shape index (κ2) is 7.23. The number of carbonyl (C=O) groups excluding carboxylic acids is 2. The summed E-state index contributed by atoms with van der Waals surface area (Å²) < 4.78 is 0. The quantitative estimate of drug-likeness (QED) is 0.696. The van der Waals surface area contributed by atoms with E-state index in [2.05, 4.69) is 28.8 Å². The molecule has 3 aromatic rings. The molecule has 1 atom stereocenters. The summed E-state index contributed by atoms with van der Waals surface area (Å²) in [6, 6.07) is 21.2. The van der Waals surface area contributed by atoms with Gasteiger partial charge in [-0.05, 0) is 60.4 Å². The second-order valence-corrected chi connectivity index (χ2v) is 7.10. The lowest BCUT2D eigenvalue weighted by molar-refractivity contribution is -0.117. The summed E-state index contributed by atoms with van der Waals surface area (Å²) in [5, 5.41) is 8.26. The summed E-state index contributed by atoms with van der Waals surface area (Å²) in [6.45, 7) is 1.99. The summed E-state index contributed by atoms with van der Waals surface area (Å²) in [7, 11) is 0. The highest BCUT2D eigenvalue weighted by atomic mass is 16.2. The summed E-state index contributed by atoms with van der Waals surface area (Å²) >= 11 is 0. The predicted octanol–water partition coefficient (Wildman–Crippen LogP) is 4.68. The molecule has 0 aliphatic heterocycles. The first-order chi connectivity index (χ1) is 13.1. The Morgan fingerprint density at radius 1 is 0.926 bits per heavy atom. The monoisotopic (exact) mass is 358 g/mol. The van der Waals surface area contributed by atoms with Gasteiger partial charge in [0.25, 0.3) is 5.91 Å². The van der Waals surface area contributed by atoms with Crippen molar-refractivity contribution in [3.8, 4) is 0 Å². The van der Waals surface area contributed by atoms with Gasteiger partial charge in [0.2, 0.25) is 5.91 Å². The van der Waals surface area contributed by atoms with Crippen LogP contribution in [0.3, 0.4) is 0 Å². The van der Waals surface area contributed by atoms with Crippen LogP contribution in [-0.2, 0) is 4.79 Å². The molecule has 136 valence electrons. The molecule has 1 aliphatic carbocycles. The Bertz CT molecular complexity index is 985. The Hall–Kier alpha value is -3.14. The number of benzene rings is 3. The first-order valence-corrected chi connectivity index (χ1v) is 9.31. The van der Waals surface area contributed by atoms with Gasteiger partial charge in [0.1, 0.15) is 0 Å². The second-order valence-electron chi connectivity index (χ2n) is 7.10. The number of rotatable bonds is 5. The van der Waals surface area contributed by atoms with Crippen molar-refractivity contribution in [2.45, 2.75) is 25.8 Å². The number of hydrogen-bond donors (Lipinski definition) is 2. The summed E-state index contributed by atoms with van der Waals surface area (Å²) in [4.78, 5) is 24.4. The lowest BCUT2D eigenvalue weighted by atomic mass is 9.99. The molecule has 2 N–H and O–H groups in total. The van der Waals surface area contributed by atoms with E-state index in [9.17, 15) is 9.59 Å². The molecule has 4 heteroatoms. The molecule has 1 fully saturated rings. The third-order valence-corrected chi connectivity index (χ3v) is 5.00. The summed E-state index contributed by atoms with van der Waals surface area (Å²) in [5.41, 5.74) is 2.40. The molecular weight excluding hydrogens is 336 g/mol. The Morgan fingerprint density at radius 3 is 2.37 bits per heavy atom. The minimum atomic E-state index is -0.129. The standard InChI is InChI=1S/C23H22N2O2/c1-15(20-8-4-6-16-5-2-3-7-21(16)20)24-22(26)18-11-13-19(14-12-18)25-23(27)17-9-10-17/h2-8,11-15,17H,9-10H2,1H3,(H,24,26)(H,25,27). The van der Waals surface area contributed by atoms with Gasteiger partial charge in [0, 0.05) is 17.2 Å². The van der Waals surface area contributed by atoms with Crippen molar-refractivity contribution in [2.75, 3.05) is 5.32 Å². The number of hydrogen-bond acceptors (Lipinski definition) is 2. The van der Waals surface area contributed by atoms with E-state index in [4.69, 9.17) is 0 Å². The normalized spacial score (nSPS) is 14.6. The van der Waals surface area contributed by atoms with Crippen LogP contribution in [0.2, 0.25) is 0 Å². The van der Waals surface area contributed by atoms with Gasteiger partial charge in [0.05, 0.1) is 6.04 Å². The third-order valence-electron chi connectivity index (χ3n) is 5.00. The number of nitrogens with one attached hydrogen (secondary N) is 2. The van der Waals surface area contributed by atoms with E-state index in [0.717, 1.165) is 34.9 Å². The van der Waals surface area contributed by atoms with E-state index in [1.807, 2.05) is 31.2 Å². The highest BCUT2D eigenvalue weighted by Gasteiger charge is 2.29. The molecular formula is C23H22N2O2. The maximum Gasteiger partial charge on any atom is 0.251 e. The van der Waals surface area contributed by atoms with Crippen LogP contribution in [0.25, 0.3) is 10.8 Å². The Kier molecular flexibility index (Phi) is 4.63. The van der Waals surface area contributed by atoms with Gasteiger partial charge < -0.3 is 10.6 Å². The zero-order valence-electron chi connectivity index (χ0n) is 15.2. The van der Waals surface area contributed by atoms with E-state index in [1.54, 1.807) is 24.3 Å². The number of carbonyl (C=O) groups is 2. The van der Waals surface area contributed by atoms with Crippen LogP contribution in [0.1, 0.15) is 41.7 Å². The van der Waals surface area contributed by atoms with Crippen LogP contribution in [0.5, 0.6) is 0 Å².